The third kappa shape index (κ3) is 3.94. The molecular formula is C16H18INO. The minimum absolute atomic E-state index is 0.321. The van der Waals surface area contributed by atoms with Crippen LogP contribution in [0.2, 0.25) is 0 Å². The Morgan fingerprint density at radius 3 is 2.47 bits per heavy atom. The molecule has 0 bridgehead atoms. The lowest BCUT2D eigenvalue weighted by Crippen LogP contribution is -2.18. The SMILES string of the molecule is COc1ccccc1CNC(C)c1ccc(I)cc1. The predicted molar refractivity (Wildman–Crippen MR) is 87.4 cm³/mol. The highest BCUT2D eigenvalue weighted by Gasteiger charge is 2.06. The molecule has 0 spiro atoms. The zero-order chi connectivity index (χ0) is 13.7. The smallest absolute Gasteiger partial charge is 0.123 e. The standard InChI is InChI=1S/C16H18INO/c1-12(13-7-9-15(17)10-8-13)18-11-14-5-3-4-6-16(14)19-2/h3-10,12,18H,11H2,1-2H3. The molecular weight excluding hydrogens is 349 g/mol. The largest absolute Gasteiger partial charge is 0.496 e. The third-order valence-electron chi connectivity index (χ3n) is 3.16. The minimum Gasteiger partial charge on any atom is -0.496 e. The Morgan fingerprint density at radius 2 is 1.79 bits per heavy atom. The molecule has 19 heavy (non-hydrogen) atoms. The van der Waals surface area contributed by atoms with Gasteiger partial charge < -0.3 is 10.1 Å². The van der Waals surface area contributed by atoms with Gasteiger partial charge in [-0.05, 0) is 53.3 Å². The molecule has 0 aliphatic heterocycles. The van der Waals surface area contributed by atoms with Gasteiger partial charge in [-0.15, -0.1) is 0 Å². The molecule has 2 nitrogen and oxygen atoms in total. The lowest BCUT2D eigenvalue weighted by atomic mass is 10.1. The Balaban J connectivity index is 2.00. The van der Waals surface area contributed by atoms with Gasteiger partial charge in [-0.2, -0.15) is 0 Å². The van der Waals surface area contributed by atoms with Gasteiger partial charge in [0.15, 0.2) is 0 Å². The normalized spacial score (nSPS) is 12.2. The Labute approximate surface area is 128 Å². The summed E-state index contributed by atoms with van der Waals surface area (Å²) in [7, 11) is 1.71. The highest BCUT2D eigenvalue weighted by molar-refractivity contribution is 14.1. The first-order valence-corrected chi connectivity index (χ1v) is 7.39. The fourth-order valence-corrected chi connectivity index (χ4v) is 2.34. The molecule has 1 unspecified atom stereocenters. The van der Waals surface area contributed by atoms with Crippen molar-refractivity contribution in [2.75, 3.05) is 7.11 Å². The van der Waals surface area contributed by atoms with Gasteiger partial charge in [-0.3, -0.25) is 0 Å². The van der Waals surface area contributed by atoms with E-state index in [9.17, 15) is 0 Å². The van der Waals surface area contributed by atoms with Crippen molar-refractivity contribution < 1.29 is 4.74 Å². The summed E-state index contributed by atoms with van der Waals surface area (Å²) in [5.41, 5.74) is 2.48. The fraction of sp³-hybridized carbons (Fsp3) is 0.250. The number of hydrogen-bond acceptors (Lipinski definition) is 2. The predicted octanol–water partition coefficient (Wildman–Crippen LogP) is 4.15. The van der Waals surface area contributed by atoms with Gasteiger partial charge in [-0.1, -0.05) is 30.3 Å². The Morgan fingerprint density at radius 1 is 1.11 bits per heavy atom. The first-order chi connectivity index (χ1) is 9.20. The summed E-state index contributed by atoms with van der Waals surface area (Å²) in [4.78, 5) is 0. The summed E-state index contributed by atoms with van der Waals surface area (Å²) in [6.07, 6.45) is 0. The third-order valence-corrected chi connectivity index (χ3v) is 3.88. The van der Waals surface area contributed by atoms with Gasteiger partial charge in [-0.25, -0.2) is 0 Å². The number of hydrogen-bond donors (Lipinski definition) is 1. The number of para-hydroxylation sites is 1. The molecule has 1 N–H and O–H groups in total. The highest BCUT2D eigenvalue weighted by atomic mass is 127. The molecule has 2 rings (SSSR count). The maximum Gasteiger partial charge on any atom is 0.123 e. The average Bonchev–Trinajstić information content (AvgIpc) is 2.45. The number of nitrogens with one attached hydrogen (secondary N) is 1. The van der Waals surface area contributed by atoms with Crippen LogP contribution in [0.5, 0.6) is 5.75 Å². The second-order valence-corrected chi connectivity index (χ2v) is 5.71. The van der Waals surface area contributed by atoms with Gasteiger partial charge in [0, 0.05) is 21.7 Å². The second kappa shape index (κ2) is 6.91. The maximum atomic E-state index is 5.36. The Kier molecular flexibility index (Phi) is 5.22. The molecule has 0 saturated heterocycles. The van der Waals surface area contributed by atoms with Crippen molar-refractivity contribution in [1.29, 1.82) is 0 Å². The quantitative estimate of drug-likeness (QED) is 0.802. The molecule has 100 valence electrons. The summed E-state index contributed by atoms with van der Waals surface area (Å²) < 4.78 is 6.62. The van der Waals surface area contributed by atoms with Crippen LogP contribution < -0.4 is 10.1 Å². The summed E-state index contributed by atoms with van der Waals surface area (Å²) in [5.74, 6) is 0.935. The lowest BCUT2D eigenvalue weighted by molar-refractivity contribution is 0.406. The second-order valence-electron chi connectivity index (χ2n) is 4.47. The Hall–Kier alpha value is -1.07. The molecule has 2 aromatic carbocycles. The monoisotopic (exact) mass is 367 g/mol. The van der Waals surface area contributed by atoms with Crippen molar-refractivity contribution >= 4 is 22.6 Å². The minimum atomic E-state index is 0.321. The van der Waals surface area contributed by atoms with Crippen molar-refractivity contribution in [3.05, 3.63) is 63.2 Å². The van der Waals surface area contributed by atoms with E-state index in [0.29, 0.717) is 6.04 Å². The molecule has 3 heteroatoms. The van der Waals surface area contributed by atoms with E-state index in [4.69, 9.17) is 4.74 Å². The van der Waals surface area contributed by atoms with Crippen LogP contribution in [0, 0.1) is 3.57 Å². The molecule has 0 aliphatic rings. The topological polar surface area (TPSA) is 21.3 Å². The van der Waals surface area contributed by atoms with Gasteiger partial charge >= 0.3 is 0 Å². The molecule has 0 aromatic heterocycles. The number of rotatable bonds is 5. The van der Waals surface area contributed by atoms with Gasteiger partial charge in [0.2, 0.25) is 0 Å². The number of methoxy groups -OCH3 is 1. The molecule has 1 atom stereocenters. The van der Waals surface area contributed by atoms with E-state index < -0.39 is 0 Å². The van der Waals surface area contributed by atoms with Gasteiger partial charge in [0.05, 0.1) is 7.11 Å². The van der Waals surface area contributed by atoms with Gasteiger partial charge in [0.25, 0.3) is 0 Å². The lowest BCUT2D eigenvalue weighted by Gasteiger charge is -2.16. The first-order valence-electron chi connectivity index (χ1n) is 6.31. The van der Waals surface area contributed by atoms with Crippen LogP contribution in [0.15, 0.2) is 48.5 Å². The summed E-state index contributed by atoms with van der Waals surface area (Å²) in [5, 5.41) is 3.53. The summed E-state index contributed by atoms with van der Waals surface area (Å²) in [6, 6.07) is 17.0. The van der Waals surface area contributed by atoms with Crippen molar-refractivity contribution in [3.63, 3.8) is 0 Å². The van der Waals surface area contributed by atoms with Crippen LogP contribution >= 0.6 is 22.6 Å². The van der Waals surface area contributed by atoms with Crippen LogP contribution in [0.25, 0.3) is 0 Å². The number of halogens is 1. The summed E-state index contributed by atoms with van der Waals surface area (Å²) >= 11 is 2.32. The number of ether oxygens (including phenoxy) is 1. The van der Waals surface area contributed by atoms with Gasteiger partial charge in [0.1, 0.15) is 5.75 Å². The molecule has 0 aliphatic carbocycles. The van der Waals surface area contributed by atoms with Crippen molar-refractivity contribution in [2.45, 2.75) is 19.5 Å². The van der Waals surface area contributed by atoms with Crippen LogP contribution in [0.4, 0.5) is 0 Å². The van der Waals surface area contributed by atoms with Crippen molar-refractivity contribution in [3.8, 4) is 5.75 Å². The zero-order valence-electron chi connectivity index (χ0n) is 11.2. The van der Waals surface area contributed by atoms with E-state index >= 15 is 0 Å². The molecule has 0 amide bonds. The molecule has 0 saturated carbocycles. The van der Waals surface area contributed by atoms with Crippen LogP contribution in [0.1, 0.15) is 24.1 Å². The molecule has 2 aromatic rings. The van der Waals surface area contributed by atoms with E-state index in [1.165, 1.54) is 14.7 Å². The van der Waals surface area contributed by atoms with E-state index in [-0.39, 0.29) is 0 Å². The van der Waals surface area contributed by atoms with Crippen LogP contribution in [0.3, 0.4) is 0 Å². The molecule has 0 heterocycles. The van der Waals surface area contributed by atoms with Crippen molar-refractivity contribution in [2.24, 2.45) is 0 Å². The van der Waals surface area contributed by atoms with E-state index in [1.54, 1.807) is 7.11 Å². The molecule has 0 fully saturated rings. The fourth-order valence-electron chi connectivity index (χ4n) is 1.98. The number of benzene rings is 2. The average molecular weight is 367 g/mol. The van der Waals surface area contributed by atoms with E-state index in [0.717, 1.165) is 12.3 Å². The molecule has 0 radical (unpaired) electrons. The summed E-state index contributed by atoms with van der Waals surface area (Å²) in [6.45, 7) is 2.98. The van der Waals surface area contributed by atoms with E-state index in [2.05, 4.69) is 65.2 Å². The maximum absolute atomic E-state index is 5.36. The first kappa shape index (κ1) is 14.3. The van der Waals surface area contributed by atoms with Crippen LogP contribution in [-0.2, 0) is 6.54 Å². The van der Waals surface area contributed by atoms with Crippen molar-refractivity contribution in [1.82, 2.24) is 5.32 Å². The van der Waals surface area contributed by atoms with E-state index in [1.807, 2.05) is 18.2 Å². The Bertz CT molecular complexity index is 525. The zero-order valence-corrected chi connectivity index (χ0v) is 13.3. The van der Waals surface area contributed by atoms with Crippen LogP contribution in [-0.4, -0.2) is 7.11 Å². The highest BCUT2D eigenvalue weighted by Crippen LogP contribution is 2.19.